The standard InChI is InChI=1S/C48H93NO8/c1-4-6-7-8-9-10-11-12-13-14-15-16-17-18-19-20-25-28-31-34-37-44(52)49-41(39-56-48-47(55)46(54)45(53)43(38-50)57-48)42(51)36-33-30-27-24-22-21-23-26-29-32-35-40(3)5-2/h33,36,40-43,45-48,50-51,53-55H,4-32,34-35,37-39H2,1-3H3,(H,49,52)/b36-33+/t40?,41-,42+,43+,45+,46-,47+,48+/m0/s1. The summed E-state index contributed by atoms with van der Waals surface area (Å²) in [6.07, 6.45) is 35.4. The molecular weight excluding hydrogens is 719 g/mol. The topological polar surface area (TPSA) is 149 Å². The van der Waals surface area contributed by atoms with Crippen LogP contribution in [0.2, 0.25) is 0 Å². The lowest BCUT2D eigenvalue weighted by molar-refractivity contribution is -0.302. The van der Waals surface area contributed by atoms with E-state index < -0.39 is 49.5 Å². The molecule has 1 rings (SSSR count). The van der Waals surface area contributed by atoms with Gasteiger partial charge in [0.1, 0.15) is 24.4 Å². The molecule has 8 atom stereocenters. The van der Waals surface area contributed by atoms with Crippen LogP contribution in [0.5, 0.6) is 0 Å². The molecule has 0 spiro atoms. The predicted molar refractivity (Wildman–Crippen MR) is 235 cm³/mol. The first-order valence-electron chi connectivity index (χ1n) is 24.3. The Morgan fingerprint density at radius 3 is 1.58 bits per heavy atom. The van der Waals surface area contributed by atoms with Gasteiger partial charge < -0.3 is 40.3 Å². The van der Waals surface area contributed by atoms with E-state index in [9.17, 15) is 30.3 Å². The van der Waals surface area contributed by atoms with E-state index in [2.05, 4.69) is 26.1 Å². The van der Waals surface area contributed by atoms with Crippen LogP contribution in [0.3, 0.4) is 0 Å². The fourth-order valence-electron chi connectivity index (χ4n) is 7.84. The zero-order valence-corrected chi connectivity index (χ0v) is 37.3. The predicted octanol–water partition coefficient (Wildman–Crippen LogP) is 10.4. The highest BCUT2D eigenvalue weighted by Gasteiger charge is 2.44. The highest BCUT2D eigenvalue weighted by atomic mass is 16.7. The molecule has 0 bridgehead atoms. The van der Waals surface area contributed by atoms with Crippen LogP contribution in [0.4, 0.5) is 0 Å². The summed E-state index contributed by atoms with van der Waals surface area (Å²) < 4.78 is 11.2. The van der Waals surface area contributed by atoms with Crippen molar-refractivity contribution in [3.8, 4) is 0 Å². The van der Waals surface area contributed by atoms with Crippen molar-refractivity contribution >= 4 is 5.91 Å². The lowest BCUT2D eigenvalue weighted by Crippen LogP contribution is -2.60. The SMILES string of the molecule is CCCCCCCCCCCCCCCCCCCCCCC(=O)N[C@@H](CO[C@@H]1O[C@H](CO)[C@@H](O)[C@H](O)[C@H]1O)[C@H](O)/C=C/CCCCCCCCCCC(C)CC. The lowest BCUT2D eigenvalue weighted by Gasteiger charge is -2.40. The minimum atomic E-state index is -1.56. The number of hydrogen-bond donors (Lipinski definition) is 6. The number of unbranched alkanes of at least 4 members (excludes halogenated alkanes) is 27. The number of aliphatic hydroxyl groups excluding tert-OH is 5. The molecule has 9 heteroatoms. The van der Waals surface area contributed by atoms with Crippen LogP contribution in [0, 0.1) is 5.92 Å². The number of carbonyl (C=O) groups is 1. The Bertz CT molecular complexity index is 919. The van der Waals surface area contributed by atoms with Crippen molar-refractivity contribution in [1.82, 2.24) is 5.32 Å². The van der Waals surface area contributed by atoms with Crippen molar-refractivity contribution in [1.29, 1.82) is 0 Å². The molecule has 1 fully saturated rings. The van der Waals surface area contributed by atoms with Crippen LogP contribution in [0.25, 0.3) is 0 Å². The Morgan fingerprint density at radius 2 is 1.11 bits per heavy atom. The summed E-state index contributed by atoms with van der Waals surface area (Å²) in [7, 11) is 0. The van der Waals surface area contributed by atoms with E-state index in [1.165, 1.54) is 161 Å². The van der Waals surface area contributed by atoms with Crippen LogP contribution in [-0.2, 0) is 14.3 Å². The normalized spacial score (nSPS) is 21.6. The molecule has 0 aromatic heterocycles. The Kier molecular flexibility index (Phi) is 35.9. The van der Waals surface area contributed by atoms with Crippen molar-refractivity contribution in [2.75, 3.05) is 13.2 Å². The van der Waals surface area contributed by atoms with Gasteiger partial charge in [0.15, 0.2) is 6.29 Å². The number of ether oxygens (including phenoxy) is 2. The van der Waals surface area contributed by atoms with Crippen molar-refractivity contribution < 1.29 is 39.8 Å². The maximum absolute atomic E-state index is 13.0. The van der Waals surface area contributed by atoms with Gasteiger partial charge in [-0.3, -0.25) is 4.79 Å². The second-order valence-electron chi connectivity index (χ2n) is 17.5. The lowest BCUT2D eigenvalue weighted by atomic mass is 9.99. The molecule has 1 aliphatic heterocycles. The van der Waals surface area contributed by atoms with Gasteiger partial charge in [0, 0.05) is 6.42 Å². The molecule has 1 aliphatic rings. The quantitative estimate of drug-likeness (QED) is 0.0265. The summed E-state index contributed by atoms with van der Waals surface area (Å²) in [5.41, 5.74) is 0. The molecule has 0 aromatic carbocycles. The minimum Gasteiger partial charge on any atom is -0.394 e. The van der Waals surface area contributed by atoms with Crippen LogP contribution < -0.4 is 5.32 Å². The highest BCUT2D eigenvalue weighted by Crippen LogP contribution is 2.23. The zero-order valence-electron chi connectivity index (χ0n) is 37.3. The average Bonchev–Trinajstić information content (AvgIpc) is 3.21. The van der Waals surface area contributed by atoms with Crippen molar-refractivity contribution in [2.24, 2.45) is 5.92 Å². The molecule has 1 amide bonds. The molecule has 0 radical (unpaired) electrons. The summed E-state index contributed by atoms with van der Waals surface area (Å²) in [4.78, 5) is 13.0. The second kappa shape index (κ2) is 37.9. The third-order valence-electron chi connectivity index (χ3n) is 12.2. The summed E-state index contributed by atoms with van der Waals surface area (Å²) in [5, 5.41) is 54.2. The van der Waals surface area contributed by atoms with E-state index >= 15 is 0 Å². The van der Waals surface area contributed by atoms with Crippen molar-refractivity contribution in [3.63, 3.8) is 0 Å². The molecule has 6 N–H and O–H groups in total. The summed E-state index contributed by atoms with van der Waals surface area (Å²) in [5.74, 6) is 0.670. The molecule has 57 heavy (non-hydrogen) atoms. The molecule has 0 aliphatic carbocycles. The van der Waals surface area contributed by atoms with Crippen LogP contribution in [0.1, 0.15) is 226 Å². The van der Waals surface area contributed by atoms with Gasteiger partial charge in [0.2, 0.25) is 5.91 Å². The van der Waals surface area contributed by atoms with Gasteiger partial charge in [0.05, 0.1) is 25.4 Å². The van der Waals surface area contributed by atoms with Gasteiger partial charge in [-0.05, 0) is 25.2 Å². The number of aliphatic hydroxyl groups is 5. The van der Waals surface area contributed by atoms with E-state index in [4.69, 9.17) is 9.47 Å². The van der Waals surface area contributed by atoms with Crippen LogP contribution in [0.15, 0.2) is 12.2 Å². The Hall–Kier alpha value is -1.07. The summed E-state index contributed by atoms with van der Waals surface area (Å²) in [6.45, 7) is 6.14. The van der Waals surface area contributed by atoms with E-state index in [0.29, 0.717) is 6.42 Å². The zero-order chi connectivity index (χ0) is 41.8. The van der Waals surface area contributed by atoms with Crippen LogP contribution >= 0.6 is 0 Å². The Labute approximate surface area is 350 Å². The van der Waals surface area contributed by atoms with E-state index in [0.717, 1.165) is 44.4 Å². The Morgan fingerprint density at radius 1 is 0.649 bits per heavy atom. The monoisotopic (exact) mass is 812 g/mol. The number of rotatable bonds is 40. The first kappa shape index (κ1) is 53.9. The van der Waals surface area contributed by atoms with Gasteiger partial charge in [0.25, 0.3) is 0 Å². The third-order valence-corrected chi connectivity index (χ3v) is 12.2. The minimum absolute atomic E-state index is 0.174. The van der Waals surface area contributed by atoms with Gasteiger partial charge >= 0.3 is 0 Å². The molecule has 1 heterocycles. The highest BCUT2D eigenvalue weighted by molar-refractivity contribution is 5.76. The Balaban J connectivity index is 2.30. The van der Waals surface area contributed by atoms with Gasteiger partial charge in [-0.15, -0.1) is 0 Å². The van der Waals surface area contributed by atoms with Gasteiger partial charge in [-0.1, -0.05) is 213 Å². The fraction of sp³-hybridized carbons (Fsp3) is 0.938. The smallest absolute Gasteiger partial charge is 0.220 e. The number of hydrogen-bond acceptors (Lipinski definition) is 8. The molecule has 1 unspecified atom stereocenters. The average molecular weight is 812 g/mol. The number of nitrogens with one attached hydrogen (secondary N) is 1. The van der Waals surface area contributed by atoms with E-state index in [1.54, 1.807) is 6.08 Å². The fourth-order valence-corrected chi connectivity index (χ4v) is 7.84. The number of amides is 1. The molecule has 1 saturated heterocycles. The van der Waals surface area contributed by atoms with Crippen molar-refractivity contribution in [2.45, 2.75) is 269 Å². The summed E-state index contributed by atoms with van der Waals surface area (Å²) in [6, 6.07) is -0.800. The number of allylic oxidation sites excluding steroid dienone is 1. The summed E-state index contributed by atoms with van der Waals surface area (Å²) >= 11 is 0. The molecule has 0 saturated carbocycles. The molecule has 0 aromatic rings. The van der Waals surface area contributed by atoms with Crippen LogP contribution in [-0.4, -0.2) is 87.5 Å². The molecule has 9 nitrogen and oxygen atoms in total. The van der Waals surface area contributed by atoms with Gasteiger partial charge in [-0.2, -0.15) is 0 Å². The van der Waals surface area contributed by atoms with E-state index in [-0.39, 0.29) is 12.5 Å². The van der Waals surface area contributed by atoms with Crippen molar-refractivity contribution in [3.05, 3.63) is 12.2 Å². The third kappa shape index (κ3) is 28.9. The van der Waals surface area contributed by atoms with E-state index in [1.807, 2.05) is 6.08 Å². The molecule has 338 valence electrons. The maximum atomic E-state index is 13.0. The first-order chi connectivity index (χ1) is 27.7. The van der Waals surface area contributed by atoms with Gasteiger partial charge in [-0.25, -0.2) is 0 Å². The number of carbonyl (C=O) groups excluding carboxylic acids is 1. The second-order valence-corrected chi connectivity index (χ2v) is 17.5. The largest absolute Gasteiger partial charge is 0.394 e. The maximum Gasteiger partial charge on any atom is 0.220 e. The molecular formula is C48H93NO8. The first-order valence-corrected chi connectivity index (χ1v) is 24.3.